The first-order valence-electron chi connectivity index (χ1n) is 6.75. The smallest absolute Gasteiger partial charge is 0.270 e. The molecule has 2 aromatic rings. The maximum absolute atomic E-state index is 12.6. The first-order valence-corrected chi connectivity index (χ1v) is 7.93. The number of nitrogens with zero attached hydrogens (tertiary/aromatic N) is 2. The van der Waals surface area contributed by atoms with Crippen molar-refractivity contribution in [1.82, 2.24) is 9.47 Å². The van der Waals surface area contributed by atoms with Gasteiger partial charge in [-0.05, 0) is 37.6 Å². The van der Waals surface area contributed by atoms with Crippen molar-refractivity contribution in [3.05, 3.63) is 57.3 Å². The van der Waals surface area contributed by atoms with Crippen molar-refractivity contribution in [2.45, 2.75) is 26.4 Å². The van der Waals surface area contributed by atoms with E-state index < -0.39 is 0 Å². The zero-order valence-corrected chi connectivity index (χ0v) is 14.6. The van der Waals surface area contributed by atoms with Gasteiger partial charge in [0.15, 0.2) is 0 Å². The van der Waals surface area contributed by atoms with Crippen LogP contribution >= 0.6 is 27.5 Å². The standard InChI is InChI=1S/C16H18BrClN2O/c1-11(2)20-10-14(18)8-15(20)16(21)19(3)9-12-5-4-6-13(17)7-12/h4-8,10-11H,9H2,1-3H3. The quantitative estimate of drug-likeness (QED) is 0.763. The summed E-state index contributed by atoms with van der Waals surface area (Å²) in [5.74, 6) is -0.0319. The van der Waals surface area contributed by atoms with Crippen molar-refractivity contribution >= 4 is 33.4 Å². The number of rotatable bonds is 4. The Morgan fingerprint density at radius 3 is 2.71 bits per heavy atom. The van der Waals surface area contributed by atoms with E-state index in [1.54, 1.807) is 24.2 Å². The fourth-order valence-corrected chi connectivity index (χ4v) is 2.88. The van der Waals surface area contributed by atoms with E-state index in [1.807, 2.05) is 42.7 Å². The van der Waals surface area contributed by atoms with E-state index in [0.29, 0.717) is 17.3 Å². The minimum atomic E-state index is -0.0319. The zero-order chi connectivity index (χ0) is 15.6. The number of carbonyl (C=O) groups excluding carboxylic acids is 1. The summed E-state index contributed by atoms with van der Waals surface area (Å²) in [6, 6.07) is 9.86. The van der Waals surface area contributed by atoms with Crippen molar-refractivity contribution in [2.24, 2.45) is 0 Å². The van der Waals surface area contributed by atoms with Crippen molar-refractivity contribution in [3.63, 3.8) is 0 Å². The molecule has 0 aliphatic heterocycles. The van der Waals surface area contributed by atoms with Crippen LogP contribution in [0.3, 0.4) is 0 Å². The molecule has 0 unspecified atom stereocenters. The third kappa shape index (κ3) is 3.89. The van der Waals surface area contributed by atoms with Gasteiger partial charge in [0, 0.05) is 30.3 Å². The number of halogens is 2. The van der Waals surface area contributed by atoms with Gasteiger partial charge in [-0.15, -0.1) is 0 Å². The van der Waals surface area contributed by atoms with Crippen molar-refractivity contribution in [1.29, 1.82) is 0 Å². The Labute approximate surface area is 138 Å². The summed E-state index contributed by atoms with van der Waals surface area (Å²) < 4.78 is 2.91. The van der Waals surface area contributed by atoms with Crippen LogP contribution in [-0.2, 0) is 6.54 Å². The number of aromatic nitrogens is 1. The number of amides is 1. The highest BCUT2D eigenvalue weighted by Crippen LogP contribution is 2.21. The van der Waals surface area contributed by atoms with Gasteiger partial charge in [0.25, 0.3) is 5.91 Å². The molecule has 0 saturated heterocycles. The maximum Gasteiger partial charge on any atom is 0.270 e. The van der Waals surface area contributed by atoms with E-state index in [1.165, 1.54) is 0 Å². The highest BCUT2D eigenvalue weighted by Gasteiger charge is 2.18. The second kappa shape index (κ2) is 6.67. The zero-order valence-electron chi connectivity index (χ0n) is 12.3. The van der Waals surface area contributed by atoms with Gasteiger partial charge in [0.05, 0.1) is 5.02 Å². The molecule has 0 aliphatic rings. The minimum Gasteiger partial charge on any atom is -0.339 e. The first-order chi connectivity index (χ1) is 9.88. The van der Waals surface area contributed by atoms with Gasteiger partial charge < -0.3 is 9.47 Å². The lowest BCUT2D eigenvalue weighted by atomic mass is 10.2. The monoisotopic (exact) mass is 368 g/mol. The number of hydrogen-bond acceptors (Lipinski definition) is 1. The molecule has 0 saturated carbocycles. The summed E-state index contributed by atoms with van der Waals surface area (Å²) in [6.07, 6.45) is 1.80. The average Bonchev–Trinajstić information content (AvgIpc) is 2.80. The van der Waals surface area contributed by atoms with Gasteiger partial charge in [-0.2, -0.15) is 0 Å². The van der Waals surface area contributed by atoms with E-state index in [0.717, 1.165) is 10.0 Å². The molecule has 0 atom stereocenters. The Bertz CT molecular complexity index is 651. The van der Waals surface area contributed by atoms with E-state index in [-0.39, 0.29) is 11.9 Å². The lowest BCUT2D eigenvalue weighted by Crippen LogP contribution is -2.28. The molecule has 5 heteroatoms. The Hall–Kier alpha value is -1.26. The van der Waals surface area contributed by atoms with E-state index in [4.69, 9.17) is 11.6 Å². The topological polar surface area (TPSA) is 25.2 Å². The Balaban J connectivity index is 2.20. The van der Waals surface area contributed by atoms with Gasteiger partial charge in [0.1, 0.15) is 5.69 Å². The van der Waals surface area contributed by atoms with E-state index in [2.05, 4.69) is 15.9 Å². The van der Waals surface area contributed by atoms with E-state index >= 15 is 0 Å². The Morgan fingerprint density at radius 2 is 2.10 bits per heavy atom. The molecule has 0 bridgehead atoms. The molecular formula is C16H18BrClN2O. The molecule has 2 rings (SSSR count). The number of carbonyl (C=O) groups is 1. The molecule has 0 radical (unpaired) electrons. The van der Waals surface area contributed by atoms with Crippen LogP contribution < -0.4 is 0 Å². The molecule has 1 amide bonds. The summed E-state index contributed by atoms with van der Waals surface area (Å²) in [5, 5.41) is 0.586. The molecule has 1 aromatic heterocycles. The number of hydrogen-bond donors (Lipinski definition) is 0. The molecule has 112 valence electrons. The van der Waals surface area contributed by atoms with Gasteiger partial charge in [-0.1, -0.05) is 39.7 Å². The van der Waals surface area contributed by atoms with Crippen LogP contribution in [0.2, 0.25) is 5.02 Å². The van der Waals surface area contributed by atoms with Crippen molar-refractivity contribution < 1.29 is 4.79 Å². The lowest BCUT2D eigenvalue weighted by Gasteiger charge is -2.20. The largest absolute Gasteiger partial charge is 0.339 e. The number of benzene rings is 1. The van der Waals surface area contributed by atoms with Crippen LogP contribution in [0.4, 0.5) is 0 Å². The molecule has 1 heterocycles. The third-order valence-corrected chi connectivity index (χ3v) is 3.95. The van der Waals surface area contributed by atoms with Gasteiger partial charge in [0.2, 0.25) is 0 Å². The van der Waals surface area contributed by atoms with Crippen LogP contribution in [0.1, 0.15) is 35.9 Å². The fraction of sp³-hybridized carbons (Fsp3) is 0.312. The van der Waals surface area contributed by atoms with Crippen molar-refractivity contribution in [3.8, 4) is 0 Å². The molecule has 3 nitrogen and oxygen atoms in total. The fourth-order valence-electron chi connectivity index (χ4n) is 2.22. The second-order valence-electron chi connectivity index (χ2n) is 5.34. The average molecular weight is 370 g/mol. The van der Waals surface area contributed by atoms with Gasteiger partial charge in [-0.3, -0.25) is 4.79 Å². The molecule has 0 fully saturated rings. The molecule has 1 aromatic carbocycles. The molecule has 0 N–H and O–H groups in total. The maximum atomic E-state index is 12.6. The lowest BCUT2D eigenvalue weighted by molar-refractivity contribution is 0.0772. The van der Waals surface area contributed by atoms with Crippen LogP contribution in [0.5, 0.6) is 0 Å². The highest BCUT2D eigenvalue weighted by atomic mass is 79.9. The van der Waals surface area contributed by atoms with Gasteiger partial charge >= 0.3 is 0 Å². The SMILES string of the molecule is CC(C)n1cc(Cl)cc1C(=O)N(C)Cc1cccc(Br)c1. The molecule has 21 heavy (non-hydrogen) atoms. The summed E-state index contributed by atoms with van der Waals surface area (Å²) >= 11 is 9.48. The summed E-state index contributed by atoms with van der Waals surface area (Å²) in [6.45, 7) is 4.61. The highest BCUT2D eigenvalue weighted by molar-refractivity contribution is 9.10. The Kier molecular flexibility index (Phi) is 5.12. The second-order valence-corrected chi connectivity index (χ2v) is 6.69. The van der Waals surface area contributed by atoms with Crippen molar-refractivity contribution in [2.75, 3.05) is 7.05 Å². The Morgan fingerprint density at radius 1 is 1.38 bits per heavy atom. The van der Waals surface area contributed by atoms with Crippen LogP contribution in [0.15, 0.2) is 41.0 Å². The third-order valence-electron chi connectivity index (χ3n) is 3.25. The normalized spacial score (nSPS) is 11.0. The molecule has 0 aliphatic carbocycles. The van der Waals surface area contributed by atoms with Gasteiger partial charge in [-0.25, -0.2) is 0 Å². The van der Waals surface area contributed by atoms with Crippen LogP contribution in [0, 0.1) is 0 Å². The van der Waals surface area contributed by atoms with Crippen LogP contribution in [-0.4, -0.2) is 22.4 Å². The van der Waals surface area contributed by atoms with E-state index in [9.17, 15) is 4.79 Å². The summed E-state index contributed by atoms with van der Waals surface area (Å²) in [5.41, 5.74) is 1.70. The molecule has 0 spiro atoms. The predicted molar refractivity (Wildman–Crippen MR) is 89.8 cm³/mol. The summed E-state index contributed by atoms with van der Waals surface area (Å²) in [7, 11) is 1.80. The molecular weight excluding hydrogens is 352 g/mol. The van der Waals surface area contributed by atoms with Crippen LogP contribution in [0.25, 0.3) is 0 Å². The first kappa shape index (κ1) is 16.1. The summed E-state index contributed by atoms with van der Waals surface area (Å²) in [4.78, 5) is 14.3. The predicted octanol–water partition coefficient (Wildman–Crippen LogP) is 4.76. The minimum absolute atomic E-state index is 0.0319.